The second kappa shape index (κ2) is 3.99. The zero-order valence-electron chi connectivity index (χ0n) is 8.28. The molecule has 2 nitrogen and oxygen atoms in total. The van der Waals surface area contributed by atoms with Crippen LogP contribution >= 0.6 is 35.0 Å². The van der Waals surface area contributed by atoms with Crippen LogP contribution < -0.4 is 0 Å². The first kappa shape index (κ1) is 10.5. The number of nitrogens with zero attached hydrogens (tertiary/aromatic N) is 2. The van der Waals surface area contributed by atoms with E-state index in [1.807, 2.05) is 36.0 Å². The Labute approximate surface area is 108 Å². The Morgan fingerprint density at radius 1 is 1.19 bits per heavy atom. The van der Waals surface area contributed by atoms with Gasteiger partial charge in [0.05, 0.1) is 16.4 Å². The number of hydrogen-bond acceptors (Lipinski definition) is 2. The van der Waals surface area contributed by atoms with E-state index in [1.54, 1.807) is 4.68 Å². The lowest BCUT2D eigenvalue weighted by Gasteiger charge is -2.05. The van der Waals surface area contributed by atoms with Crippen LogP contribution in [0.1, 0.15) is 11.3 Å². The molecule has 1 aromatic heterocycles. The summed E-state index contributed by atoms with van der Waals surface area (Å²) in [5.41, 5.74) is 3.06. The summed E-state index contributed by atoms with van der Waals surface area (Å²) in [7, 11) is 0. The molecule has 0 amide bonds. The molecule has 16 heavy (non-hydrogen) atoms. The molecule has 0 fully saturated rings. The van der Waals surface area contributed by atoms with Crippen LogP contribution in [0.3, 0.4) is 0 Å². The van der Waals surface area contributed by atoms with Gasteiger partial charge in [-0.25, -0.2) is 4.68 Å². The van der Waals surface area contributed by atoms with Gasteiger partial charge in [-0.2, -0.15) is 16.9 Å². The van der Waals surface area contributed by atoms with E-state index in [4.69, 9.17) is 23.2 Å². The van der Waals surface area contributed by atoms with E-state index in [9.17, 15) is 0 Å². The fourth-order valence-corrected chi connectivity index (χ4v) is 3.40. The van der Waals surface area contributed by atoms with Crippen molar-refractivity contribution in [2.24, 2.45) is 0 Å². The maximum Gasteiger partial charge on any atom is 0.137 e. The van der Waals surface area contributed by atoms with Crippen LogP contribution in [0.2, 0.25) is 10.2 Å². The molecule has 0 N–H and O–H groups in total. The van der Waals surface area contributed by atoms with Crippen LogP contribution in [0, 0.1) is 0 Å². The number of benzene rings is 1. The Bertz CT molecular complexity index is 551. The van der Waals surface area contributed by atoms with Crippen molar-refractivity contribution < 1.29 is 0 Å². The molecule has 1 aliphatic heterocycles. The minimum Gasteiger partial charge on any atom is -0.220 e. The molecule has 2 heterocycles. The Balaban J connectivity index is 2.18. The summed E-state index contributed by atoms with van der Waals surface area (Å²) in [5.74, 6) is 1.88. The first-order valence-electron chi connectivity index (χ1n) is 4.86. The van der Waals surface area contributed by atoms with E-state index in [2.05, 4.69) is 5.10 Å². The molecule has 2 aromatic rings. The Morgan fingerprint density at radius 3 is 2.75 bits per heavy atom. The zero-order chi connectivity index (χ0) is 11.1. The highest BCUT2D eigenvalue weighted by atomic mass is 35.5. The molecule has 0 saturated carbocycles. The van der Waals surface area contributed by atoms with Crippen LogP contribution in [0.25, 0.3) is 5.69 Å². The normalized spacial score (nSPS) is 14.1. The van der Waals surface area contributed by atoms with Gasteiger partial charge in [-0.15, -0.1) is 0 Å². The lowest BCUT2D eigenvalue weighted by atomic mass is 10.3. The maximum atomic E-state index is 6.30. The van der Waals surface area contributed by atoms with E-state index in [-0.39, 0.29) is 0 Å². The van der Waals surface area contributed by atoms with E-state index in [1.165, 1.54) is 0 Å². The Kier molecular flexibility index (Phi) is 2.62. The fourth-order valence-electron chi connectivity index (χ4n) is 1.76. The third kappa shape index (κ3) is 1.54. The lowest BCUT2D eigenvalue weighted by molar-refractivity contribution is 0.860. The highest BCUT2D eigenvalue weighted by Crippen LogP contribution is 2.36. The summed E-state index contributed by atoms with van der Waals surface area (Å²) in [4.78, 5) is 0. The molecule has 0 radical (unpaired) electrons. The number of rotatable bonds is 1. The van der Waals surface area contributed by atoms with Gasteiger partial charge in [-0.1, -0.05) is 35.3 Å². The number of hydrogen-bond donors (Lipinski definition) is 0. The first-order valence-corrected chi connectivity index (χ1v) is 6.77. The third-order valence-electron chi connectivity index (χ3n) is 2.57. The van der Waals surface area contributed by atoms with Crippen LogP contribution in [-0.2, 0) is 11.5 Å². The summed E-state index contributed by atoms with van der Waals surface area (Å²) in [5, 5.41) is 5.85. The van der Waals surface area contributed by atoms with Crippen molar-refractivity contribution in [3.63, 3.8) is 0 Å². The van der Waals surface area contributed by atoms with Crippen molar-refractivity contribution in [3.05, 3.63) is 45.7 Å². The molecule has 0 saturated heterocycles. The smallest absolute Gasteiger partial charge is 0.137 e. The van der Waals surface area contributed by atoms with Gasteiger partial charge in [0.2, 0.25) is 0 Å². The van der Waals surface area contributed by atoms with Crippen molar-refractivity contribution in [1.29, 1.82) is 0 Å². The van der Waals surface area contributed by atoms with Gasteiger partial charge in [-0.05, 0) is 12.1 Å². The molecule has 0 aliphatic carbocycles. The van der Waals surface area contributed by atoms with E-state index < -0.39 is 0 Å². The number of aromatic nitrogens is 2. The Morgan fingerprint density at radius 2 is 2.00 bits per heavy atom. The summed E-state index contributed by atoms with van der Waals surface area (Å²) >= 11 is 14.3. The zero-order valence-corrected chi connectivity index (χ0v) is 10.6. The highest BCUT2D eigenvalue weighted by molar-refractivity contribution is 7.98. The lowest BCUT2D eigenvalue weighted by Crippen LogP contribution is -1.98. The average molecular weight is 271 g/mol. The van der Waals surface area contributed by atoms with Gasteiger partial charge >= 0.3 is 0 Å². The van der Waals surface area contributed by atoms with Crippen molar-refractivity contribution >= 4 is 35.0 Å². The monoisotopic (exact) mass is 270 g/mol. The maximum absolute atomic E-state index is 6.30. The van der Waals surface area contributed by atoms with Crippen molar-refractivity contribution in [2.75, 3.05) is 0 Å². The largest absolute Gasteiger partial charge is 0.220 e. The summed E-state index contributed by atoms with van der Waals surface area (Å²) in [6, 6.07) is 7.59. The third-order valence-corrected chi connectivity index (χ3v) is 4.25. The predicted molar refractivity (Wildman–Crippen MR) is 68.6 cm³/mol. The quantitative estimate of drug-likeness (QED) is 0.782. The Hall–Kier alpha value is -0.640. The topological polar surface area (TPSA) is 17.8 Å². The molecule has 1 aliphatic rings. The molecule has 0 atom stereocenters. The second-order valence-corrected chi connectivity index (χ2v) is 5.32. The van der Waals surface area contributed by atoms with E-state index in [0.717, 1.165) is 28.5 Å². The SMILES string of the molecule is Clc1ccccc1-n1nc2c(c1Cl)CSC2. The number of para-hydroxylation sites is 1. The first-order chi connectivity index (χ1) is 7.77. The fraction of sp³-hybridized carbons (Fsp3) is 0.182. The van der Waals surface area contributed by atoms with Crippen LogP contribution in [-0.4, -0.2) is 9.78 Å². The van der Waals surface area contributed by atoms with Gasteiger partial charge in [0.25, 0.3) is 0 Å². The molecule has 82 valence electrons. The molecule has 3 rings (SSSR count). The van der Waals surface area contributed by atoms with Crippen molar-refractivity contribution in [3.8, 4) is 5.69 Å². The van der Waals surface area contributed by atoms with Gasteiger partial charge in [-0.3, -0.25) is 0 Å². The van der Waals surface area contributed by atoms with E-state index in [0.29, 0.717) is 10.2 Å². The molecule has 5 heteroatoms. The molecular formula is C11H8Cl2N2S. The minimum absolute atomic E-state index is 0.665. The number of thioether (sulfide) groups is 1. The molecular weight excluding hydrogens is 263 g/mol. The van der Waals surface area contributed by atoms with Gasteiger partial charge in [0.1, 0.15) is 5.15 Å². The number of halogens is 2. The summed E-state index contributed by atoms with van der Waals surface area (Å²) in [6.45, 7) is 0. The van der Waals surface area contributed by atoms with Crippen LogP contribution in [0.4, 0.5) is 0 Å². The molecule has 0 bridgehead atoms. The van der Waals surface area contributed by atoms with Gasteiger partial charge < -0.3 is 0 Å². The highest BCUT2D eigenvalue weighted by Gasteiger charge is 2.22. The molecule has 0 spiro atoms. The summed E-state index contributed by atoms with van der Waals surface area (Å²) in [6.07, 6.45) is 0. The van der Waals surface area contributed by atoms with Crippen molar-refractivity contribution in [2.45, 2.75) is 11.5 Å². The average Bonchev–Trinajstić information content (AvgIpc) is 2.83. The van der Waals surface area contributed by atoms with Crippen LogP contribution in [0.5, 0.6) is 0 Å². The van der Waals surface area contributed by atoms with Gasteiger partial charge in [0, 0.05) is 17.1 Å². The van der Waals surface area contributed by atoms with Gasteiger partial charge in [0.15, 0.2) is 0 Å². The minimum atomic E-state index is 0.665. The second-order valence-electron chi connectivity index (χ2n) is 3.57. The van der Waals surface area contributed by atoms with Crippen molar-refractivity contribution in [1.82, 2.24) is 9.78 Å². The van der Waals surface area contributed by atoms with Crippen LogP contribution in [0.15, 0.2) is 24.3 Å². The standard InChI is InChI=1S/C11H8Cl2N2S/c12-8-3-1-2-4-10(8)15-11(13)7-5-16-6-9(7)14-15/h1-4H,5-6H2. The summed E-state index contributed by atoms with van der Waals surface area (Å²) < 4.78 is 1.73. The molecule has 1 aromatic carbocycles. The predicted octanol–water partition coefficient (Wildman–Crippen LogP) is 3.93. The number of fused-ring (bicyclic) bond motifs is 1. The van der Waals surface area contributed by atoms with E-state index >= 15 is 0 Å². The molecule has 0 unspecified atom stereocenters.